The van der Waals surface area contributed by atoms with E-state index in [0.29, 0.717) is 6.42 Å². The molecule has 0 rings (SSSR count). The van der Waals surface area contributed by atoms with Gasteiger partial charge in [-0.3, -0.25) is 9.59 Å². The van der Waals surface area contributed by atoms with Crippen LogP contribution in [0.5, 0.6) is 0 Å². The lowest BCUT2D eigenvalue weighted by Crippen LogP contribution is -2.18. The second-order valence-corrected chi connectivity index (χ2v) is 12.1. The lowest BCUT2D eigenvalue weighted by molar-refractivity contribution is -0.150. The van der Waals surface area contributed by atoms with E-state index in [1.807, 2.05) is 0 Å². The first-order valence-corrected chi connectivity index (χ1v) is 18.1. The van der Waals surface area contributed by atoms with E-state index in [9.17, 15) is 9.59 Å². The molecule has 0 spiro atoms. The maximum absolute atomic E-state index is 12.5. The monoisotopic (exact) mass is 601 g/mol. The van der Waals surface area contributed by atoms with Gasteiger partial charge >= 0.3 is 11.9 Å². The average Bonchev–Trinajstić information content (AvgIpc) is 2.99. The summed E-state index contributed by atoms with van der Waals surface area (Å²) in [6, 6.07) is 0. The average molecular weight is 601 g/mol. The highest BCUT2D eigenvalue weighted by atomic mass is 16.5. The Bertz CT molecular complexity index is 734. The number of rotatable bonds is 32. The molecule has 4 heteroatoms. The van der Waals surface area contributed by atoms with Gasteiger partial charge in [-0.2, -0.15) is 0 Å². The Kier molecular flexibility index (Phi) is 32.7. The van der Waals surface area contributed by atoms with Crippen molar-refractivity contribution < 1.29 is 19.4 Å². The Morgan fingerprint density at radius 2 is 0.907 bits per heavy atom. The van der Waals surface area contributed by atoms with Crippen molar-refractivity contribution >= 4 is 11.9 Å². The Morgan fingerprint density at radius 1 is 0.512 bits per heavy atom. The van der Waals surface area contributed by atoms with Crippen LogP contribution in [-0.4, -0.2) is 23.1 Å². The molecule has 0 heterocycles. The van der Waals surface area contributed by atoms with Gasteiger partial charge in [-0.15, -0.1) is 0 Å². The van der Waals surface area contributed by atoms with Gasteiger partial charge < -0.3 is 9.84 Å². The molecule has 0 radical (unpaired) electrons. The van der Waals surface area contributed by atoms with Crippen molar-refractivity contribution in [1.82, 2.24) is 0 Å². The Morgan fingerprint density at radius 3 is 1.44 bits per heavy atom. The van der Waals surface area contributed by atoms with E-state index in [1.54, 1.807) is 0 Å². The quantitative estimate of drug-likeness (QED) is 0.0474. The number of allylic oxidation sites excluding steroid dienone is 8. The van der Waals surface area contributed by atoms with Crippen LogP contribution in [0.4, 0.5) is 0 Å². The predicted molar refractivity (Wildman–Crippen MR) is 185 cm³/mol. The van der Waals surface area contributed by atoms with Crippen molar-refractivity contribution in [3.05, 3.63) is 48.6 Å². The first-order valence-electron chi connectivity index (χ1n) is 18.1. The van der Waals surface area contributed by atoms with Gasteiger partial charge in [0.1, 0.15) is 6.10 Å². The molecule has 0 bridgehead atoms. The molecule has 4 nitrogen and oxygen atoms in total. The summed E-state index contributed by atoms with van der Waals surface area (Å²) in [7, 11) is 0. The first kappa shape index (κ1) is 40.9. The molecule has 0 saturated carbocycles. The highest BCUT2D eigenvalue weighted by molar-refractivity contribution is 5.69. The number of carbonyl (C=O) groups is 2. The van der Waals surface area contributed by atoms with Crippen LogP contribution < -0.4 is 0 Å². The molecule has 0 saturated heterocycles. The van der Waals surface area contributed by atoms with E-state index in [2.05, 4.69) is 62.5 Å². The van der Waals surface area contributed by atoms with Gasteiger partial charge in [0.25, 0.3) is 0 Å². The summed E-state index contributed by atoms with van der Waals surface area (Å²) in [6.45, 7) is 4.49. The van der Waals surface area contributed by atoms with E-state index in [4.69, 9.17) is 9.84 Å². The van der Waals surface area contributed by atoms with E-state index >= 15 is 0 Å². The normalized spacial score (nSPS) is 12.8. The van der Waals surface area contributed by atoms with Crippen molar-refractivity contribution in [1.29, 1.82) is 0 Å². The highest BCUT2D eigenvalue weighted by Crippen LogP contribution is 2.18. The molecule has 0 aromatic rings. The lowest BCUT2D eigenvalue weighted by Gasteiger charge is -2.18. The van der Waals surface area contributed by atoms with Gasteiger partial charge in [0.2, 0.25) is 0 Å². The van der Waals surface area contributed by atoms with Crippen LogP contribution in [0, 0.1) is 0 Å². The van der Waals surface area contributed by atoms with Crippen LogP contribution in [-0.2, 0) is 14.3 Å². The van der Waals surface area contributed by atoms with Gasteiger partial charge in [-0.1, -0.05) is 133 Å². The van der Waals surface area contributed by atoms with Crippen LogP contribution >= 0.6 is 0 Å². The number of aliphatic carboxylic acids is 1. The number of ether oxygens (including phenoxy) is 1. The van der Waals surface area contributed by atoms with E-state index in [0.717, 1.165) is 89.9 Å². The molecule has 0 aromatic heterocycles. The van der Waals surface area contributed by atoms with Crippen LogP contribution in [0.2, 0.25) is 0 Å². The summed E-state index contributed by atoms with van der Waals surface area (Å²) in [5.74, 6) is -0.763. The number of hydrogen-bond donors (Lipinski definition) is 1. The molecule has 0 aliphatic heterocycles. The van der Waals surface area contributed by atoms with Gasteiger partial charge in [-0.25, -0.2) is 0 Å². The molecule has 0 aliphatic carbocycles. The molecular formula is C39H68O4. The molecular weight excluding hydrogens is 532 g/mol. The molecule has 0 aliphatic rings. The third kappa shape index (κ3) is 34.3. The van der Waals surface area contributed by atoms with Gasteiger partial charge in [0, 0.05) is 12.8 Å². The maximum Gasteiger partial charge on any atom is 0.306 e. The summed E-state index contributed by atoms with van der Waals surface area (Å²) >= 11 is 0. The zero-order valence-corrected chi connectivity index (χ0v) is 28.3. The topological polar surface area (TPSA) is 63.6 Å². The third-order valence-corrected chi connectivity index (χ3v) is 7.80. The zero-order chi connectivity index (χ0) is 31.5. The molecule has 1 N–H and O–H groups in total. The minimum atomic E-state index is -0.718. The largest absolute Gasteiger partial charge is 0.481 e. The second kappa shape index (κ2) is 34.4. The molecule has 0 aromatic carbocycles. The van der Waals surface area contributed by atoms with Crippen molar-refractivity contribution in [2.24, 2.45) is 0 Å². The van der Waals surface area contributed by atoms with Crippen LogP contribution in [0.15, 0.2) is 48.6 Å². The summed E-state index contributed by atoms with van der Waals surface area (Å²) < 4.78 is 5.91. The number of hydrogen-bond acceptors (Lipinski definition) is 3. The maximum atomic E-state index is 12.5. The molecule has 43 heavy (non-hydrogen) atoms. The van der Waals surface area contributed by atoms with Gasteiger partial charge in [-0.05, 0) is 83.5 Å². The van der Waals surface area contributed by atoms with Crippen LogP contribution in [0.3, 0.4) is 0 Å². The Hall–Kier alpha value is -2.10. The number of carboxylic acids is 1. The van der Waals surface area contributed by atoms with Gasteiger partial charge in [0.15, 0.2) is 0 Å². The Labute approximate surface area is 266 Å². The molecule has 1 unspecified atom stereocenters. The van der Waals surface area contributed by atoms with Gasteiger partial charge in [0.05, 0.1) is 0 Å². The SMILES string of the molecule is CCCCC/C=C\C/C=C\C/C=C\C/C=C\CCCCCC(=O)OC(CCCCCCCCC)CCCCCCC(=O)O. The summed E-state index contributed by atoms with van der Waals surface area (Å²) in [5, 5.41) is 8.80. The highest BCUT2D eigenvalue weighted by Gasteiger charge is 2.14. The number of carboxylic acid groups (broad SMARTS) is 1. The fourth-order valence-electron chi connectivity index (χ4n) is 5.11. The summed E-state index contributed by atoms with van der Waals surface area (Å²) in [6.07, 6.45) is 45.5. The molecule has 0 fully saturated rings. The molecule has 248 valence electrons. The van der Waals surface area contributed by atoms with Crippen molar-refractivity contribution in [3.8, 4) is 0 Å². The summed E-state index contributed by atoms with van der Waals surface area (Å²) in [4.78, 5) is 23.2. The van der Waals surface area contributed by atoms with Crippen LogP contribution in [0.1, 0.15) is 181 Å². The molecule has 1 atom stereocenters. The Balaban J connectivity index is 3.99. The fraction of sp³-hybridized carbons (Fsp3) is 0.744. The zero-order valence-electron chi connectivity index (χ0n) is 28.3. The lowest BCUT2D eigenvalue weighted by atomic mass is 10.0. The summed E-state index contributed by atoms with van der Waals surface area (Å²) in [5.41, 5.74) is 0. The van der Waals surface area contributed by atoms with E-state index < -0.39 is 5.97 Å². The van der Waals surface area contributed by atoms with Crippen LogP contribution in [0.25, 0.3) is 0 Å². The predicted octanol–water partition coefficient (Wildman–Crippen LogP) is 12.4. The molecule has 0 amide bonds. The third-order valence-electron chi connectivity index (χ3n) is 7.80. The van der Waals surface area contributed by atoms with Crippen molar-refractivity contribution in [3.63, 3.8) is 0 Å². The number of esters is 1. The second-order valence-electron chi connectivity index (χ2n) is 12.1. The van der Waals surface area contributed by atoms with E-state index in [1.165, 1.54) is 64.2 Å². The first-order chi connectivity index (χ1) is 21.1. The van der Waals surface area contributed by atoms with E-state index in [-0.39, 0.29) is 18.5 Å². The minimum absolute atomic E-state index is 0.0197. The standard InChI is InChI=1S/C39H68O4/c1-3-5-7-9-11-12-13-14-15-16-17-18-19-20-21-22-24-26-32-36-39(42)43-37(33-29-25-23-10-8-6-4-2)34-30-27-28-31-35-38(40)41/h11-12,14-15,17-18,20-21,37H,3-10,13,16,19,22-36H2,1-2H3,(H,40,41)/b12-11-,15-14-,18-17-,21-20-. The smallest absolute Gasteiger partial charge is 0.306 e. The fourth-order valence-corrected chi connectivity index (χ4v) is 5.11. The van der Waals surface area contributed by atoms with Crippen molar-refractivity contribution in [2.75, 3.05) is 0 Å². The number of carbonyl (C=O) groups excluding carboxylic acids is 1. The van der Waals surface area contributed by atoms with Crippen molar-refractivity contribution in [2.45, 2.75) is 187 Å². The number of unbranched alkanes of at least 4 members (excludes halogenated alkanes) is 15. The minimum Gasteiger partial charge on any atom is -0.481 e.